The van der Waals surface area contributed by atoms with Gasteiger partial charge in [-0.2, -0.15) is 0 Å². The van der Waals surface area contributed by atoms with Crippen molar-refractivity contribution in [2.24, 2.45) is 7.05 Å². The average molecular weight is 206 g/mol. The van der Waals surface area contributed by atoms with Gasteiger partial charge in [-0.3, -0.25) is 4.79 Å². The predicted molar refractivity (Wildman–Crippen MR) is 60.2 cm³/mol. The topological polar surface area (TPSA) is 44.1 Å². The van der Waals surface area contributed by atoms with Crippen LogP contribution in [-0.4, -0.2) is 16.7 Å². The number of aromatic nitrogens is 2. The summed E-state index contributed by atoms with van der Waals surface area (Å²) in [6.45, 7) is 5.39. The van der Waals surface area contributed by atoms with Crippen LogP contribution in [0.4, 0.5) is 0 Å². The fraction of sp³-hybridized carbons (Fsp3) is 0.273. The quantitative estimate of drug-likeness (QED) is 0.703. The Hall–Kier alpha value is -1.84. The highest BCUT2D eigenvalue weighted by Crippen LogP contribution is 2.07. The fourth-order valence-electron chi connectivity index (χ4n) is 1.13. The molecule has 1 aromatic rings. The number of allylic oxidation sites excluding steroid dienone is 1. The van der Waals surface area contributed by atoms with E-state index in [1.54, 1.807) is 33.2 Å². The summed E-state index contributed by atoms with van der Waals surface area (Å²) in [7, 11) is 3.21. The molecule has 0 aromatic carbocycles. The van der Waals surface area contributed by atoms with E-state index in [0.29, 0.717) is 17.0 Å². The van der Waals surface area contributed by atoms with Gasteiger partial charge in [0.2, 0.25) is 0 Å². The highest BCUT2D eigenvalue weighted by Gasteiger charge is 2.05. The van der Waals surface area contributed by atoms with Gasteiger partial charge in [0, 0.05) is 7.05 Å². The van der Waals surface area contributed by atoms with Crippen LogP contribution in [0, 0.1) is 0 Å². The number of rotatable bonds is 3. The second kappa shape index (κ2) is 4.59. The van der Waals surface area contributed by atoms with Crippen LogP contribution in [0.3, 0.4) is 0 Å². The van der Waals surface area contributed by atoms with Gasteiger partial charge in [0.1, 0.15) is 0 Å². The Morgan fingerprint density at radius 2 is 2.33 bits per heavy atom. The molecule has 4 nitrogen and oxygen atoms in total. The fourth-order valence-corrected chi connectivity index (χ4v) is 1.13. The number of hydrogen-bond donors (Lipinski definition) is 0. The van der Waals surface area contributed by atoms with Gasteiger partial charge in [-0.1, -0.05) is 6.58 Å². The predicted octanol–water partition coefficient (Wildman–Crippen LogP) is 1.43. The maximum absolute atomic E-state index is 11.8. The Morgan fingerprint density at radius 1 is 1.67 bits per heavy atom. The molecule has 0 radical (unpaired) electrons. The van der Waals surface area contributed by atoms with Crippen molar-refractivity contribution < 1.29 is 4.74 Å². The normalized spacial score (nSPS) is 11.3. The van der Waals surface area contributed by atoms with E-state index < -0.39 is 0 Å². The Labute approximate surface area is 88.5 Å². The Kier molecular flexibility index (Phi) is 3.44. The summed E-state index contributed by atoms with van der Waals surface area (Å²) in [5.74, 6) is 0.656. The standard InChI is InChI=1S/C11H14N2O2/c1-5-10-9(6-8(2)15-4)11(14)13(3)7-12-10/h5-7H,1H2,2-4H3/b8-6+. The van der Waals surface area contributed by atoms with Crippen molar-refractivity contribution >= 4 is 12.2 Å². The summed E-state index contributed by atoms with van der Waals surface area (Å²) in [6, 6.07) is 0. The second-order valence-electron chi connectivity index (χ2n) is 3.12. The van der Waals surface area contributed by atoms with E-state index in [1.165, 1.54) is 10.9 Å². The lowest BCUT2D eigenvalue weighted by Gasteiger charge is -2.04. The van der Waals surface area contributed by atoms with Gasteiger partial charge in [0.15, 0.2) is 0 Å². The molecule has 0 aliphatic heterocycles. The number of nitrogens with zero attached hydrogens (tertiary/aromatic N) is 2. The van der Waals surface area contributed by atoms with Crippen molar-refractivity contribution in [2.75, 3.05) is 7.11 Å². The lowest BCUT2D eigenvalue weighted by molar-refractivity contribution is 0.297. The first kappa shape index (κ1) is 11.2. The molecular weight excluding hydrogens is 192 g/mol. The van der Waals surface area contributed by atoms with E-state index in [-0.39, 0.29) is 5.56 Å². The van der Waals surface area contributed by atoms with Gasteiger partial charge in [-0.25, -0.2) is 4.98 Å². The lowest BCUT2D eigenvalue weighted by Crippen LogP contribution is -2.21. The minimum absolute atomic E-state index is 0.115. The lowest BCUT2D eigenvalue weighted by atomic mass is 10.2. The van der Waals surface area contributed by atoms with Crippen molar-refractivity contribution in [3.63, 3.8) is 0 Å². The molecule has 0 saturated heterocycles. The minimum Gasteiger partial charge on any atom is -0.501 e. The first-order valence-electron chi connectivity index (χ1n) is 4.50. The van der Waals surface area contributed by atoms with E-state index in [0.717, 1.165) is 0 Å². The number of aryl methyl sites for hydroxylation is 1. The van der Waals surface area contributed by atoms with Crippen molar-refractivity contribution in [1.29, 1.82) is 0 Å². The Balaban J connectivity index is 3.43. The van der Waals surface area contributed by atoms with Crippen molar-refractivity contribution in [3.05, 3.63) is 40.3 Å². The van der Waals surface area contributed by atoms with Crippen LogP contribution in [0.15, 0.2) is 23.5 Å². The SMILES string of the molecule is C=Cc1ncn(C)c(=O)c1/C=C(\C)OC. The van der Waals surface area contributed by atoms with Gasteiger partial charge < -0.3 is 9.30 Å². The molecule has 1 heterocycles. The Bertz CT molecular complexity index is 458. The van der Waals surface area contributed by atoms with Crippen LogP contribution < -0.4 is 5.56 Å². The summed E-state index contributed by atoms with van der Waals surface area (Å²) >= 11 is 0. The minimum atomic E-state index is -0.115. The monoisotopic (exact) mass is 206 g/mol. The summed E-state index contributed by atoms with van der Waals surface area (Å²) in [4.78, 5) is 15.9. The molecule has 1 rings (SSSR count). The van der Waals surface area contributed by atoms with E-state index in [4.69, 9.17) is 4.74 Å². The summed E-state index contributed by atoms with van der Waals surface area (Å²) in [5.41, 5.74) is 0.945. The van der Waals surface area contributed by atoms with Crippen LogP contribution in [0.5, 0.6) is 0 Å². The van der Waals surface area contributed by atoms with Gasteiger partial charge in [-0.15, -0.1) is 0 Å². The molecule has 0 amide bonds. The maximum Gasteiger partial charge on any atom is 0.261 e. The molecule has 0 atom stereocenters. The zero-order valence-corrected chi connectivity index (χ0v) is 9.15. The highest BCUT2D eigenvalue weighted by molar-refractivity contribution is 5.61. The molecule has 1 aromatic heterocycles. The number of hydrogen-bond acceptors (Lipinski definition) is 3. The molecule has 80 valence electrons. The third kappa shape index (κ3) is 2.34. The smallest absolute Gasteiger partial charge is 0.261 e. The van der Waals surface area contributed by atoms with Gasteiger partial charge in [-0.05, 0) is 19.1 Å². The van der Waals surface area contributed by atoms with Crippen molar-refractivity contribution in [1.82, 2.24) is 9.55 Å². The van der Waals surface area contributed by atoms with Crippen LogP contribution in [0.2, 0.25) is 0 Å². The van der Waals surface area contributed by atoms with Crippen LogP contribution in [-0.2, 0) is 11.8 Å². The third-order valence-electron chi connectivity index (χ3n) is 2.06. The van der Waals surface area contributed by atoms with Gasteiger partial charge >= 0.3 is 0 Å². The summed E-state index contributed by atoms with van der Waals surface area (Å²) < 4.78 is 6.42. The molecule has 0 aliphatic carbocycles. The molecule has 0 fully saturated rings. The second-order valence-corrected chi connectivity index (χ2v) is 3.12. The Morgan fingerprint density at radius 3 is 2.87 bits per heavy atom. The van der Waals surface area contributed by atoms with Gasteiger partial charge in [0.05, 0.1) is 30.5 Å². The average Bonchev–Trinajstić information content (AvgIpc) is 2.25. The summed E-state index contributed by atoms with van der Waals surface area (Å²) in [6.07, 6.45) is 4.68. The third-order valence-corrected chi connectivity index (χ3v) is 2.06. The van der Waals surface area contributed by atoms with Crippen LogP contribution in [0.25, 0.3) is 12.2 Å². The molecule has 0 aliphatic rings. The van der Waals surface area contributed by atoms with Crippen molar-refractivity contribution in [2.45, 2.75) is 6.92 Å². The van der Waals surface area contributed by atoms with Crippen LogP contribution >= 0.6 is 0 Å². The molecule has 0 saturated carbocycles. The first-order chi connectivity index (χ1) is 7.10. The summed E-state index contributed by atoms with van der Waals surface area (Å²) in [5, 5.41) is 0. The van der Waals surface area contributed by atoms with Crippen molar-refractivity contribution in [3.8, 4) is 0 Å². The molecule has 15 heavy (non-hydrogen) atoms. The van der Waals surface area contributed by atoms with E-state index >= 15 is 0 Å². The van der Waals surface area contributed by atoms with E-state index in [1.807, 2.05) is 0 Å². The maximum atomic E-state index is 11.8. The van der Waals surface area contributed by atoms with E-state index in [2.05, 4.69) is 11.6 Å². The van der Waals surface area contributed by atoms with Gasteiger partial charge in [0.25, 0.3) is 5.56 Å². The number of methoxy groups -OCH3 is 1. The number of ether oxygens (including phenoxy) is 1. The molecular formula is C11H14N2O2. The molecule has 0 N–H and O–H groups in total. The molecule has 0 spiro atoms. The zero-order valence-electron chi connectivity index (χ0n) is 9.15. The molecule has 0 unspecified atom stereocenters. The van der Waals surface area contributed by atoms with E-state index in [9.17, 15) is 4.79 Å². The zero-order chi connectivity index (χ0) is 11.4. The molecule has 0 bridgehead atoms. The first-order valence-corrected chi connectivity index (χ1v) is 4.50. The highest BCUT2D eigenvalue weighted by atomic mass is 16.5. The van der Waals surface area contributed by atoms with Crippen LogP contribution in [0.1, 0.15) is 18.2 Å². The largest absolute Gasteiger partial charge is 0.501 e. The molecule has 4 heteroatoms.